The number of rotatable bonds is 18. The van der Waals surface area contributed by atoms with Crippen LogP contribution < -0.4 is 0 Å². The molecule has 0 amide bonds. The van der Waals surface area contributed by atoms with Crippen molar-refractivity contribution < 1.29 is 33.7 Å². The summed E-state index contributed by atoms with van der Waals surface area (Å²) < 4.78 is 18.8. The van der Waals surface area contributed by atoms with Crippen LogP contribution in [0.3, 0.4) is 0 Å². The molecule has 0 spiro atoms. The summed E-state index contributed by atoms with van der Waals surface area (Å²) in [5.41, 5.74) is -1.21. The summed E-state index contributed by atoms with van der Waals surface area (Å²) in [5.74, 6) is -0.357. The van der Waals surface area contributed by atoms with E-state index in [1.54, 1.807) is 12.2 Å². The summed E-state index contributed by atoms with van der Waals surface area (Å²) in [5, 5.41) is 11.9. The molecular weight excluding hydrogens is 604 g/mol. The fraction of sp³-hybridized carbons (Fsp3) is 0.780. The van der Waals surface area contributed by atoms with Gasteiger partial charge in [0.1, 0.15) is 0 Å². The Morgan fingerprint density at radius 2 is 1.71 bits per heavy atom. The molecule has 0 radical (unpaired) electrons. The largest absolute Gasteiger partial charge is 0.458 e. The van der Waals surface area contributed by atoms with Gasteiger partial charge in [-0.1, -0.05) is 96.4 Å². The Morgan fingerprint density at radius 1 is 1.00 bits per heavy atom. The predicted molar refractivity (Wildman–Crippen MR) is 187 cm³/mol. The molecule has 1 aliphatic heterocycles. The SMILES string of the molecule is CCCCCC/C=C\CCCCCCCC(=O)OCC(=O)[C@@]12OC(CCC)O[C@@H]1CC1C3CCC4=CC(=O)C=CC4(C)C3C(O)CC12C. The summed E-state index contributed by atoms with van der Waals surface area (Å²) in [7, 11) is 0. The molecule has 1 N–H and O–H groups in total. The van der Waals surface area contributed by atoms with Gasteiger partial charge in [-0.15, -0.1) is 0 Å². The molecule has 268 valence electrons. The van der Waals surface area contributed by atoms with Crippen molar-refractivity contribution in [1.82, 2.24) is 0 Å². The van der Waals surface area contributed by atoms with Crippen molar-refractivity contribution in [2.75, 3.05) is 6.61 Å². The zero-order valence-corrected chi connectivity index (χ0v) is 30.2. The van der Waals surface area contributed by atoms with E-state index >= 15 is 0 Å². The van der Waals surface area contributed by atoms with E-state index in [-0.39, 0.29) is 47.3 Å². The highest BCUT2D eigenvalue weighted by atomic mass is 16.7. The Balaban J connectivity index is 1.15. The third kappa shape index (κ3) is 7.35. The topological polar surface area (TPSA) is 99.1 Å². The van der Waals surface area contributed by atoms with Crippen LogP contribution in [0.4, 0.5) is 0 Å². The average molecular weight is 667 g/mol. The second-order valence-electron chi connectivity index (χ2n) is 15.9. The van der Waals surface area contributed by atoms with Gasteiger partial charge in [-0.25, -0.2) is 0 Å². The van der Waals surface area contributed by atoms with E-state index in [0.29, 0.717) is 25.7 Å². The van der Waals surface area contributed by atoms with Crippen LogP contribution in [0.25, 0.3) is 0 Å². The van der Waals surface area contributed by atoms with Crippen LogP contribution in [-0.2, 0) is 28.6 Å². The Bertz CT molecular complexity index is 1240. The molecule has 4 aliphatic carbocycles. The van der Waals surface area contributed by atoms with Crippen molar-refractivity contribution in [3.63, 3.8) is 0 Å². The van der Waals surface area contributed by atoms with Crippen LogP contribution in [-0.4, -0.2) is 53.3 Å². The maximum absolute atomic E-state index is 14.3. The van der Waals surface area contributed by atoms with Crippen LogP contribution in [0.15, 0.2) is 36.0 Å². The zero-order valence-electron chi connectivity index (χ0n) is 30.2. The molecule has 0 bridgehead atoms. The number of esters is 1. The lowest BCUT2D eigenvalue weighted by atomic mass is 9.46. The number of carbonyl (C=O) groups is 3. The number of aliphatic hydroxyl groups is 1. The Hall–Kier alpha value is -2.09. The first-order valence-corrected chi connectivity index (χ1v) is 19.4. The predicted octanol–water partition coefficient (Wildman–Crippen LogP) is 8.53. The standard InChI is InChI=1S/C41H62O7/c1-5-7-8-9-10-11-12-13-14-15-16-17-18-20-36(45)46-28-34(44)41-35(47-37(48-41)19-6-2)26-32-31-22-21-29-25-30(42)23-24-39(29,3)38(31)33(43)27-40(32,41)4/h11-12,23-25,31-33,35,37-38,43H,5-10,13-22,26-28H2,1-4H3/b12-11-/t31?,32?,33?,35-,37?,38?,39?,40?,41-/m1/s1. The van der Waals surface area contributed by atoms with Crippen molar-refractivity contribution >= 4 is 17.5 Å². The highest BCUT2D eigenvalue weighted by Gasteiger charge is 2.75. The van der Waals surface area contributed by atoms with Gasteiger partial charge in [-0.3, -0.25) is 14.4 Å². The number of fused-ring (bicyclic) bond motifs is 7. The van der Waals surface area contributed by atoms with E-state index in [4.69, 9.17) is 14.2 Å². The van der Waals surface area contributed by atoms with Gasteiger partial charge < -0.3 is 19.3 Å². The molecule has 7 nitrogen and oxygen atoms in total. The van der Waals surface area contributed by atoms with E-state index < -0.39 is 29.5 Å². The van der Waals surface area contributed by atoms with Crippen LogP contribution in [0, 0.1) is 28.6 Å². The highest BCUT2D eigenvalue weighted by Crippen LogP contribution is 2.69. The summed E-state index contributed by atoms with van der Waals surface area (Å²) in [4.78, 5) is 39.3. The smallest absolute Gasteiger partial charge is 0.306 e. The highest BCUT2D eigenvalue weighted by molar-refractivity contribution is 6.01. The fourth-order valence-electron chi connectivity index (χ4n) is 10.3. The lowest BCUT2D eigenvalue weighted by Gasteiger charge is -2.59. The number of aliphatic hydroxyl groups excluding tert-OH is 1. The maximum Gasteiger partial charge on any atom is 0.306 e. The molecule has 3 saturated carbocycles. The number of allylic oxidation sites excluding steroid dienone is 6. The Labute approximate surface area is 289 Å². The van der Waals surface area contributed by atoms with Crippen LogP contribution in [0.2, 0.25) is 0 Å². The van der Waals surface area contributed by atoms with Gasteiger partial charge in [-0.2, -0.15) is 0 Å². The first kappa shape index (κ1) is 37.2. The van der Waals surface area contributed by atoms with Crippen molar-refractivity contribution in [2.24, 2.45) is 28.6 Å². The third-order valence-electron chi connectivity index (χ3n) is 12.7. The van der Waals surface area contributed by atoms with Crippen molar-refractivity contribution in [3.8, 4) is 0 Å². The Morgan fingerprint density at radius 3 is 2.44 bits per heavy atom. The monoisotopic (exact) mass is 666 g/mol. The number of ketones is 2. The van der Waals surface area contributed by atoms with E-state index in [9.17, 15) is 19.5 Å². The van der Waals surface area contributed by atoms with Gasteiger partial charge in [0, 0.05) is 23.2 Å². The number of Topliss-reactive ketones (excluding diaryl/α,β-unsaturated/α-hetero) is 1. The summed E-state index contributed by atoms with van der Waals surface area (Å²) in [6.45, 7) is 8.24. The number of ether oxygens (including phenoxy) is 3. The molecule has 1 heterocycles. The van der Waals surface area contributed by atoms with Crippen molar-refractivity contribution in [3.05, 3.63) is 36.0 Å². The molecule has 7 unspecified atom stereocenters. The fourth-order valence-corrected chi connectivity index (χ4v) is 10.3. The van der Waals surface area contributed by atoms with E-state index in [0.717, 1.165) is 56.9 Å². The molecule has 0 aromatic heterocycles. The molecule has 4 fully saturated rings. The number of unbranched alkanes of at least 4 members (excludes halogenated alkanes) is 9. The van der Waals surface area contributed by atoms with E-state index in [2.05, 4.69) is 39.8 Å². The molecule has 7 heteroatoms. The molecule has 5 rings (SSSR count). The molecular formula is C41H62O7. The normalized spacial score (nSPS) is 36.8. The molecule has 9 atom stereocenters. The summed E-state index contributed by atoms with van der Waals surface area (Å²) in [6, 6.07) is 0. The lowest BCUT2D eigenvalue weighted by molar-refractivity contribution is -0.201. The maximum atomic E-state index is 14.3. The summed E-state index contributed by atoms with van der Waals surface area (Å²) in [6.07, 6.45) is 25.7. The van der Waals surface area contributed by atoms with Gasteiger partial charge >= 0.3 is 5.97 Å². The minimum atomic E-state index is -1.26. The zero-order chi connectivity index (χ0) is 34.4. The van der Waals surface area contributed by atoms with E-state index in [1.165, 1.54) is 38.5 Å². The minimum absolute atomic E-state index is 0.0149. The third-order valence-corrected chi connectivity index (χ3v) is 12.7. The Kier molecular flexibility index (Phi) is 12.6. The summed E-state index contributed by atoms with van der Waals surface area (Å²) >= 11 is 0. The van der Waals surface area contributed by atoms with Crippen LogP contribution in [0.1, 0.15) is 143 Å². The number of carbonyl (C=O) groups excluding carboxylic acids is 3. The quantitative estimate of drug-likeness (QED) is 0.0889. The van der Waals surface area contributed by atoms with Gasteiger partial charge in [0.05, 0.1) is 12.2 Å². The first-order chi connectivity index (χ1) is 23.1. The van der Waals surface area contributed by atoms with Crippen molar-refractivity contribution in [2.45, 2.75) is 167 Å². The van der Waals surface area contributed by atoms with Gasteiger partial charge in [-0.05, 0) is 88.2 Å². The van der Waals surface area contributed by atoms with Crippen LogP contribution in [0.5, 0.6) is 0 Å². The molecule has 1 saturated heterocycles. The number of hydrogen-bond acceptors (Lipinski definition) is 7. The second-order valence-corrected chi connectivity index (χ2v) is 15.9. The molecule has 0 aromatic rings. The minimum Gasteiger partial charge on any atom is -0.458 e. The van der Waals surface area contributed by atoms with Gasteiger partial charge in [0.15, 0.2) is 24.3 Å². The van der Waals surface area contributed by atoms with Gasteiger partial charge in [0.2, 0.25) is 5.78 Å². The van der Waals surface area contributed by atoms with Crippen molar-refractivity contribution in [1.29, 1.82) is 0 Å². The second kappa shape index (κ2) is 16.3. The van der Waals surface area contributed by atoms with Crippen LogP contribution >= 0.6 is 0 Å². The first-order valence-electron chi connectivity index (χ1n) is 19.4. The molecule has 48 heavy (non-hydrogen) atoms. The van der Waals surface area contributed by atoms with Gasteiger partial charge in [0.25, 0.3) is 0 Å². The molecule has 5 aliphatic rings. The molecule has 0 aromatic carbocycles. The van der Waals surface area contributed by atoms with E-state index in [1.807, 2.05) is 6.08 Å². The average Bonchev–Trinajstić information content (AvgIpc) is 3.54. The lowest BCUT2D eigenvalue weighted by Crippen LogP contribution is -2.63. The number of hydrogen-bond donors (Lipinski definition) is 1.